The molecule has 0 unspecified atom stereocenters. The van der Waals surface area contributed by atoms with Gasteiger partial charge in [-0.15, -0.1) is 11.8 Å². The molecule has 6 rings (SSSR count). The highest BCUT2D eigenvalue weighted by Crippen LogP contribution is 2.39. The number of benzene rings is 2. The number of pyridine rings is 1. The molecular weight excluding hydrogens is 579 g/mol. The lowest BCUT2D eigenvalue weighted by Gasteiger charge is -2.46. The average Bonchev–Trinajstić information content (AvgIpc) is 3.04. The van der Waals surface area contributed by atoms with Crippen molar-refractivity contribution in [2.75, 3.05) is 63.5 Å². The molecule has 43 heavy (non-hydrogen) atoms. The van der Waals surface area contributed by atoms with Crippen molar-refractivity contribution in [1.29, 1.82) is 0 Å². The van der Waals surface area contributed by atoms with Gasteiger partial charge in [0, 0.05) is 73.9 Å². The van der Waals surface area contributed by atoms with Crippen LogP contribution in [0.3, 0.4) is 0 Å². The molecule has 0 saturated carbocycles. The normalized spacial score (nSPS) is 20.8. The summed E-state index contributed by atoms with van der Waals surface area (Å²) in [4.78, 5) is 16.4. The number of phenolic OH excluding ortho intramolecular Hbond substituents is 1. The van der Waals surface area contributed by atoms with Gasteiger partial charge in [0.25, 0.3) is 0 Å². The fraction of sp³-hybridized carbons (Fsp3) is 0.545. The Bertz CT molecular complexity index is 1510. The van der Waals surface area contributed by atoms with Gasteiger partial charge in [-0.1, -0.05) is 0 Å². The lowest BCUT2D eigenvalue weighted by molar-refractivity contribution is 0.0359. The van der Waals surface area contributed by atoms with Gasteiger partial charge in [-0.3, -0.25) is 14.8 Å². The van der Waals surface area contributed by atoms with Gasteiger partial charge in [0.05, 0.1) is 16.1 Å². The summed E-state index contributed by atoms with van der Waals surface area (Å²) in [7, 11) is -3.85. The minimum atomic E-state index is -3.85. The minimum Gasteiger partial charge on any atom is -0.508 e. The summed E-state index contributed by atoms with van der Waals surface area (Å²) in [6.07, 6.45) is 8.07. The Morgan fingerprint density at radius 3 is 2.05 bits per heavy atom. The van der Waals surface area contributed by atoms with Crippen LogP contribution in [0, 0.1) is 0 Å². The number of sulfone groups is 1. The van der Waals surface area contributed by atoms with E-state index in [-0.39, 0.29) is 15.5 Å². The number of nitrogens with zero attached hydrogens (tertiary/aromatic N) is 5. The first-order valence-electron chi connectivity index (χ1n) is 15.7. The van der Waals surface area contributed by atoms with E-state index in [4.69, 9.17) is 0 Å². The first kappa shape index (κ1) is 30.6. The second-order valence-corrected chi connectivity index (χ2v) is 15.3. The lowest BCUT2D eigenvalue weighted by Crippen LogP contribution is -2.56. The molecular formula is C33H45N5O3S2. The standard InChI is InChI=1S/C33H45N5O3S2/c1-24(2)35-18-20-37(21-19-35)26-10-14-36(15-11-26)25-12-16-38(17-13-25)33-30-22-28(42-3)6-9-31(30)34-23-32(33)43(40,41)29-7-4-27(39)5-8-29/h4-9,22-26,39H,10-21H2,1-3H3. The maximum absolute atomic E-state index is 14.0. The summed E-state index contributed by atoms with van der Waals surface area (Å²) in [5.74, 6) is 0.0419. The van der Waals surface area contributed by atoms with Crippen molar-refractivity contribution in [2.24, 2.45) is 0 Å². The van der Waals surface area contributed by atoms with Crippen molar-refractivity contribution < 1.29 is 13.5 Å². The molecule has 232 valence electrons. The van der Waals surface area contributed by atoms with E-state index < -0.39 is 9.84 Å². The molecule has 3 aliphatic rings. The van der Waals surface area contributed by atoms with Crippen LogP contribution in [-0.4, -0.2) is 110 Å². The Morgan fingerprint density at radius 2 is 1.44 bits per heavy atom. The topological polar surface area (TPSA) is 80.2 Å². The SMILES string of the molecule is CSc1ccc2ncc(S(=O)(=O)c3ccc(O)cc3)c(N3CCC(N4CCC(N5CCN(C(C)C)CC5)CC4)CC3)c2c1. The second-order valence-electron chi connectivity index (χ2n) is 12.5. The Morgan fingerprint density at radius 1 is 0.837 bits per heavy atom. The second kappa shape index (κ2) is 12.9. The number of aromatic nitrogens is 1. The van der Waals surface area contributed by atoms with Gasteiger partial charge in [-0.2, -0.15) is 0 Å². The number of likely N-dealkylation sites (tertiary alicyclic amines) is 1. The van der Waals surface area contributed by atoms with Gasteiger partial charge < -0.3 is 14.9 Å². The lowest BCUT2D eigenvalue weighted by atomic mass is 9.96. The number of piperazine rings is 1. The van der Waals surface area contributed by atoms with E-state index >= 15 is 0 Å². The van der Waals surface area contributed by atoms with Crippen LogP contribution in [0.15, 0.2) is 63.3 Å². The number of aromatic hydroxyl groups is 1. The van der Waals surface area contributed by atoms with E-state index in [1.165, 1.54) is 69.5 Å². The first-order chi connectivity index (χ1) is 20.7. The molecule has 1 N–H and O–H groups in total. The third-order valence-corrected chi connectivity index (χ3v) is 12.3. The zero-order valence-electron chi connectivity index (χ0n) is 25.7. The fourth-order valence-electron chi connectivity index (χ4n) is 7.23. The molecule has 0 spiro atoms. The molecule has 10 heteroatoms. The number of hydrogen-bond donors (Lipinski definition) is 1. The third kappa shape index (κ3) is 6.40. The highest BCUT2D eigenvalue weighted by atomic mass is 32.2. The molecule has 4 heterocycles. The molecule has 2 aromatic carbocycles. The monoisotopic (exact) mass is 623 g/mol. The largest absolute Gasteiger partial charge is 0.508 e. The summed E-state index contributed by atoms with van der Waals surface area (Å²) < 4.78 is 27.9. The highest BCUT2D eigenvalue weighted by Gasteiger charge is 2.34. The van der Waals surface area contributed by atoms with Crippen LogP contribution in [0.1, 0.15) is 39.5 Å². The molecule has 0 radical (unpaired) electrons. The third-order valence-electron chi connectivity index (χ3n) is 9.84. The number of thioether (sulfide) groups is 1. The summed E-state index contributed by atoms with van der Waals surface area (Å²) in [5.41, 5.74) is 1.56. The molecule has 3 aromatic rings. The van der Waals surface area contributed by atoms with E-state index in [0.717, 1.165) is 60.5 Å². The Labute approximate surface area is 261 Å². The Kier molecular flexibility index (Phi) is 9.22. The van der Waals surface area contributed by atoms with Gasteiger partial charge in [-0.25, -0.2) is 8.42 Å². The molecule has 3 aliphatic heterocycles. The van der Waals surface area contributed by atoms with E-state index in [1.54, 1.807) is 11.8 Å². The Hall–Kier alpha value is -2.37. The number of piperidine rings is 2. The molecule has 3 fully saturated rings. The summed E-state index contributed by atoms with van der Waals surface area (Å²) >= 11 is 1.65. The predicted molar refractivity (Wildman–Crippen MR) is 175 cm³/mol. The van der Waals surface area contributed by atoms with Gasteiger partial charge in [0.2, 0.25) is 9.84 Å². The summed E-state index contributed by atoms with van der Waals surface area (Å²) in [6.45, 7) is 13.3. The Balaban J connectivity index is 1.18. The van der Waals surface area contributed by atoms with Crippen LogP contribution in [0.25, 0.3) is 10.9 Å². The van der Waals surface area contributed by atoms with Crippen LogP contribution in [-0.2, 0) is 9.84 Å². The number of phenols is 1. The highest BCUT2D eigenvalue weighted by molar-refractivity contribution is 7.98. The van der Waals surface area contributed by atoms with Crippen molar-refractivity contribution in [3.05, 3.63) is 48.7 Å². The van der Waals surface area contributed by atoms with Gasteiger partial charge in [0.15, 0.2) is 0 Å². The van der Waals surface area contributed by atoms with Gasteiger partial charge >= 0.3 is 0 Å². The maximum Gasteiger partial charge on any atom is 0.210 e. The number of hydrogen-bond acceptors (Lipinski definition) is 9. The predicted octanol–water partition coefficient (Wildman–Crippen LogP) is 4.95. The van der Waals surface area contributed by atoms with Crippen LogP contribution >= 0.6 is 11.8 Å². The molecule has 0 bridgehead atoms. The van der Waals surface area contributed by atoms with Crippen LogP contribution in [0.5, 0.6) is 5.75 Å². The smallest absolute Gasteiger partial charge is 0.210 e. The molecule has 8 nitrogen and oxygen atoms in total. The average molecular weight is 624 g/mol. The van der Waals surface area contributed by atoms with E-state index in [9.17, 15) is 13.5 Å². The number of rotatable bonds is 7. The number of anilines is 1. The quantitative estimate of drug-likeness (QED) is 0.368. The summed E-state index contributed by atoms with van der Waals surface area (Å²) in [6, 6.07) is 13.8. The van der Waals surface area contributed by atoms with Crippen molar-refractivity contribution in [3.63, 3.8) is 0 Å². The molecule has 0 atom stereocenters. The number of fused-ring (bicyclic) bond motifs is 1. The van der Waals surface area contributed by atoms with Crippen molar-refractivity contribution in [3.8, 4) is 5.75 Å². The maximum atomic E-state index is 14.0. The van der Waals surface area contributed by atoms with Crippen molar-refractivity contribution >= 4 is 38.2 Å². The van der Waals surface area contributed by atoms with Gasteiger partial charge in [-0.05, 0) is 101 Å². The molecule has 0 amide bonds. The van der Waals surface area contributed by atoms with Crippen LogP contribution < -0.4 is 4.90 Å². The summed E-state index contributed by atoms with van der Waals surface area (Å²) in [5, 5.41) is 10.6. The molecule has 3 saturated heterocycles. The van der Waals surface area contributed by atoms with E-state index in [0.29, 0.717) is 18.1 Å². The zero-order chi connectivity index (χ0) is 30.1. The van der Waals surface area contributed by atoms with Crippen LogP contribution in [0.4, 0.5) is 5.69 Å². The van der Waals surface area contributed by atoms with Crippen molar-refractivity contribution in [1.82, 2.24) is 19.7 Å². The minimum absolute atomic E-state index is 0.0419. The zero-order valence-corrected chi connectivity index (χ0v) is 27.3. The van der Waals surface area contributed by atoms with E-state index in [2.05, 4.69) is 44.5 Å². The van der Waals surface area contributed by atoms with Crippen molar-refractivity contribution in [2.45, 2.75) is 72.3 Å². The fourth-order valence-corrected chi connectivity index (χ4v) is 9.10. The van der Waals surface area contributed by atoms with Gasteiger partial charge in [0.1, 0.15) is 10.6 Å². The molecule has 0 aliphatic carbocycles. The van der Waals surface area contributed by atoms with Crippen LogP contribution in [0.2, 0.25) is 0 Å². The first-order valence-corrected chi connectivity index (χ1v) is 18.4. The van der Waals surface area contributed by atoms with E-state index in [1.807, 2.05) is 18.4 Å². The molecule has 1 aromatic heterocycles.